The van der Waals surface area contributed by atoms with Gasteiger partial charge in [-0.25, -0.2) is 0 Å². The van der Waals surface area contributed by atoms with Gasteiger partial charge in [0.25, 0.3) is 11.7 Å². The van der Waals surface area contributed by atoms with Crippen LogP contribution in [0.1, 0.15) is 22.9 Å². The van der Waals surface area contributed by atoms with Crippen molar-refractivity contribution in [1.82, 2.24) is 9.97 Å². The monoisotopic (exact) mass is 443 g/mol. The number of H-pyrrole nitrogens is 1. The lowest BCUT2D eigenvalue weighted by atomic mass is 9.97. The minimum atomic E-state index is -0.901. The zero-order valence-corrected chi connectivity index (χ0v) is 17.8. The van der Waals surface area contributed by atoms with E-state index in [2.05, 4.69) is 9.97 Å². The molecule has 1 fully saturated rings. The topological polar surface area (TPSA) is 86.3 Å². The quantitative estimate of drug-likeness (QED) is 0.260. The molecule has 5 rings (SSSR count). The lowest BCUT2D eigenvalue weighted by molar-refractivity contribution is -0.132. The molecule has 3 heterocycles. The third kappa shape index (κ3) is 2.99. The SMILES string of the molecule is Cc1c(Cl)cccc1N1C(=O)C(=O)/C(=C(\O)c2c[nH]c3ccccc23)C1c1ccccn1. The van der Waals surface area contributed by atoms with Gasteiger partial charge in [-0.05, 0) is 42.8 Å². The highest BCUT2D eigenvalue weighted by atomic mass is 35.5. The summed E-state index contributed by atoms with van der Waals surface area (Å²) in [4.78, 5) is 35.4. The molecule has 0 saturated carbocycles. The molecule has 1 saturated heterocycles. The fraction of sp³-hybridized carbons (Fsp3) is 0.0800. The van der Waals surface area contributed by atoms with E-state index in [-0.39, 0.29) is 11.3 Å². The van der Waals surface area contributed by atoms with Crippen LogP contribution >= 0.6 is 11.6 Å². The van der Waals surface area contributed by atoms with Crippen LogP contribution in [0.4, 0.5) is 5.69 Å². The second-order valence-corrected chi connectivity index (χ2v) is 7.96. The van der Waals surface area contributed by atoms with Crippen molar-refractivity contribution in [2.75, 3.05) is 4.90 Å². The highest BCUT2D eigenvalue weighted by Gasteiger charge is 2.48. The molecule has 1 aliphatic rings. The van der Waals surface area contributed by atoms with Gasteiger partial charge in [0.05, 0.1) is 11.3 Å². The Labute approximate surface area is 188 Å². The molecular weight excluding hydrogens is 426 g/mol. The Kier molecular flexibility index (Phi) is 4.79. The number of anilines is 1. The first-order chi connectivity index (χ1) is 15.5. The molecule has 1 atom stereocenters. The summed E-state index contributed by atoms with van der Waals surface area (Å²) in [6.07, 6.45) is 3.22. The molecule has 4 aromatic rings. The van der Waals surface area contributed by atoms with Gasteiger partial charge >= 0.3 is 0 Å². The average molecular weight is 444 g/mol. The largest absolute Gasteiger partial charge is 0.507 e. The summed E-state index contributed by atoms with van der Waals surface area (Å²) in [5.41, 5.74) is 2.85. The minimum Gasteiger partial charge on any atom is -0.507 e. The zero-order valence-electron chi connectivity index (χ0n) is 17.0. The number of aromatic amines is 1. The third-order valence-electron chi connectivity index (χ3n) is 5.76. The molecule has 1 amide bonds. The summed E-state index contributed by atoms with van der Waals surface area (Å²) in [7, 11) is 0. The van der Waals surface area contributed by atoms with Gasteiger partial charge in [0.1, 0.15) is 11.8 Å². The van der Waals surface area contributed by atoms with E-state index in [4.69, 9.17) is 11.6 Å². The van der Waals surface area contributed by atoms with E-state index < -0.39 is 17.7 Å². The molecule has 2 N–H and O–H groups in total. The smallest absolute Gasteiger partial charge is 0.300 e. The molecule has 1 aliphatic heterocycles. The fourth-order valence-electron chi connectivity index (χ4n) is 4.17. The Morgan fingerprint density at radius 3 is 2.62 bits per heavy atom. The standard InChI is InChI=1S/C25H18ClN3O3/c1-14-17(26)8-6-11-20(14)29-22(19-10-4-5-12-27-19)21(24(31)25(29)32)23(30)16-13-28-18-9-3-2-7-15(16)18/h2-13,22,28,30H,1H3/b23-21-. The summed E-state index contributed by atoms with van der Waals surface area (Å²) < 4.78 is 0. The van der Waals surface area contributed by atoms with E-state index in [0.717, 1.165) is 10.9 Å². The number of carbonyl (C=O) groups is 2. The van der Waals surface area contributed by atoms with E-state index in [1.54, 1.807) is 55.7 Å². The number of hydrogen-bond acceptors (Lipinski definition) is 4. The van der Waals surface area contributed by atoms with E-state index in [0.29, 0.717) is 27.5 Å². The van der Waals surface area contributed by atoms with Gasteiger partial charge < -0.3 is 10.1 Å². The number of aliphatic hydroxyl groups excluding tert-OH is 1. The Morgan fingerprint density at radius 1 is 1.06 bits per heavy atom. The number of rotatable bonds is 3. The number of nitrogens with zero attached hydrogens (tertiary/aromatic N) is 2. The molecule has 2 aromatic carbocycles. The van der Waals surface area contributed by atoms with Gasteiger partial charge in [0, 0.05) is 39.6 Å². The highest BCUT2D eigenvalue weighted by molar-refractivity contribution is 6.52. The van der Waals surface area contributed by atoms with Crippen LogP contribution < -0.4 is 4.90 Å². The summed E-state index contributed by atoms with van der Waals surface area (Å²) in [5, 5.41) is 12.5. The van der Waals surface area contributed by atoms with Crippen LogP contribution in [-0.4, -0.2) is 26.8 Å². The Morgan fingerprint density at radius 2 is 1.84 bits per heavy atom. The number of pyridine rings is 1. The number of fused-ring (bicyclic) bond motifs is 1. The zero-order chi connectivity index (χ0) is 22.4. The summed E-state index contributed by atoms with van der Waals surface area (Å²) in [5.74, 6) is -1.77. The van der Waals surface area contributed by atoms with Crippen LogP contribution in [0.2, 0.25) is 5.02 Å². The number of benzene rings is 2. The van der Waals surface area contributed by atoms with Crippen molar-refractivity contribution in [1.29, 1.82) is 0 Å². The van der Waals surface area contributed by atoms with Crippen molar-refractivity contribution in [3.8, 4) is 0 Å². The Bertz CT molecular complexity index is 1410. The number of aliphatic hydroxyl groups is 1. The van der Waals surface area contributed by atoms with Crippen molar-refractivity contribution in [3.63, 3.8) is 0 Å². The predicted octanol–water partition coefficient (Wildman–Crippen LogP) is 5.15. The predicted molar refractivity (Wildman–Crippen MR) is 124 cm³/mol. The van der Waals surface area contributed by atoms with E-state index in [9.17, 15) is 14.7 Å². The molecule has 0 radical (unpaired) electrons. The number of ketones is 1. The van der Waals surface area contributed by atoms with Gasteiger partial charge in [0.2, 0.25) is 0 Å². The highest BCUT2D eigenvalue weighted by Crippen LogP contribution is 2.43. The van der Waals surface area contributed by atoms with Crippen LogP contribution in [-0.2, 0) is 9.59 Å². The number of Topliss-reactive ketones (excluding diaryl/α,β-unsaturated/α-hetero) is 1. The molecule has 0 bridgehead atoms. The first kappa shape index (κ1) is 20.0. The van der Waals surface area contributed by atoms with Gasteiger partial charge in [-0.3, -0.25) is 19.5 Å². The van der Waals surface area contributed by atoms with E-state index >= 15 is 0 Å². The minimum absolute atomic E-state index is 0.0159. The van der Waals surface area contributed by atoms with Crippen molar-refractivity contribution in [3.05, 3.63) is 100 Å². The summed E-state index contributed by atoms with van der Waals surface area (Å²) >= 11 is 6.31. The molecule has 6 nitrogen and oxygen atoms in total. The molecule has 0 aliphatic carbocycles. The summed E-state index contributed by atoms with van der Waals surface area (Å²) in [6, 6.07) is 17.0. The van der Waals surface area contributed by atoms with Crippen LogP contribution in [0, 0.1) is 6.92 Å². The maximum Gasteiger partial charge on any atom is 0.300 e. The summed E-state index contributed by atoms with van der Waals surface area (Å²) in [6.45, 7) is 1.78. The van der Waals surface area contributed by atoms with Crippen molar-refractivity contribution >= 4 is 45.6 Å². The maximum atomic E-state index is 13.3. The molecule has 2 aromatic heterocycles. The van der Waals surface area contributed by atoms with Crippen molar-refractivity contribution in [2.45, 2.75) is 13.0 Å². The maximum absolute atomic E-state index is 13.3. The second kappa shape index (κ2) is 7.66. The Balaban J connectivity index is 1.78. The van der Waals surface area contributed by atoms with Crippen LogP contribution in [0.5, 0.6) is 0 Å². The lowest BCUT2D eigenvalue weighted by Crippen LogP contribution is -2.30. The molecule has 32 heavy (non-hydrogen) atoms. The van der Waals surface area contributed by atoms with Gasteiger partial charge in [-0.2, -0.15) is 0 Å². The normalized spacial score (nSPS) is 17.9. The molecular formula is C25H18ClN3O3. The Hall–Kier alpha value is -3.90. The first-order valence-electron chi connectivity index (χ1n) is 10.0. The van der Waals surface area contributed by atoms with Crippen LogP contribution in [0.3, 0.4) is 0 Å². The number of hydrogen-bond donors (Lipinski definition) is 2. The molecule has 1 unspecified atom stereocenters. The lowest BCUT2D eigenvalue weighted by Gasteiger charge is -2.26. The van der Waals surface area contributed by atoms with Crippen LogP contribution in [0.15, 0.2) is 78.6 Å². The number of nitrogens with one attached hydrogen (secondary N) is 1. The van der Waals surface area contributed by atoms with Gasteiger partial charge in [-0.1, -0.05) is 41.9 Å². The number of halogens is 1. The number of para-hydroxylation sites is 1. The van der Waals surface area contributed by atoms with Gasteiger partial charge in [-0.15, -0.1) is 0 Å². The number of aromatic nitrogens is 2. The van der Waals surface area contributed by atoms with E-state index in [1.807, 2.05) is 24.3 Å². The van der Waals surface area contributed by atoms with Crippen molar-refractivity contribution < 1.29 is 14.7 Å². The van der Waals surface area contributed by atoms with Crippen molar-refractivity contribution in [2.24, 2.45) is 0 Å². The first-order valence-corrected chi connectivity index (χ1v) is 10.4. The van der Waals surface area contributed by atoms with Gasteiger partial charge in [0.15, 0.2) is 0 Å². The van der Waals surface area contributed by atoms with E-state index in [1.165, 1.54) is 4.90 Å². The molecule has 0 spiro atoms. The third-order valence-corrected chi connectivity index (χ3v) is 6.16. The fourth-order valence-corrected chi connectivity index (χ4v) is 4.34. The average Bonchev–Trinajstić information content (AvgIpc) is 3.35. The number of carbonyl (C=O) groups excluding carboxylic acids is 2. The van der Waals surface area contributed by atoms with Crippen LogP contribution in [0.25, 0.3) is 16.7 Å². The molecule has 7 heteroatoms. The number of amides is 1. The second-order valence-electron chi connectivity index (χ2n) is 7.56. The molecule has 158 valence electrons.